The molecule has 2 saturated carbocycles. The third kappa shape index (κ3) is 4.05. The zero-order valence-corrected chi connectivity index (χ0v) is 15.1. The molecule has 0 aliphatic heterocycles. The maximum Gasteiger partial charge on any atom is 0.391 e. The first-order chi connectivity index (χ1) is 12.4. The van der Waals surface area contributed by atoms with Gasteiger partial charge in [-0.05, 0) is 57.7 Å². The molecule has 3 nitrogen and oxygen atoms in total. The lowest BCUT2D eigenvalue weighted by atomic mass is 9.80. The Morgan fingerprint density at radius 3 is 2.42 bits per heavy atom. The molecule has 0 saturated heterocycles. The van der Waals surface area contributed by atoms with Gasteiger partial charge in [0, 0.05) is 17.6 Å². The molecule has 0 radical (unpaired) electrons. The predicted molar refractivity (Wildman–Crippen MR) is 95.9 cm³/mol. The van der Waals surface area contributed by atoms with E-state index >= 15 is 0 Å². The smallest absolute Gasteiger partial charge is 0.315 e. The number of halogens is 3. The summed E-state index contributed by atoms with van der Waals surface area (Å²) in [6.07, 6.45) is -0.270. The molecule has 144 valence electrons. The van der Waals surface area contributed by atoms with Crippen LogP contribution in [0.1, 0.15) is 44.9 Å². The third-order valence-corrected chi connectivity index (χ3v) is 5.94. The molecule has 0 heterocycles. The number of likely N-dealkylation sites (N-methyl/N-ethyl adjacent to an activating group) is 1. The van der Waals surface area contributed by atoms with Crippen molar-refractivity contribution in [3.8, 4) is 0 Å². The molecule has 3 rings (SSSR count). The van der Waals surface area contributed by atoms with Gasteiger partial charge in [-0.15, -0.1) is 0 Å². The van der Waals surface area contributed by atoms with E-state index in [1.165, 1.54) is 0 Å². The van der Waals surface area contributed by atoms with Crippen LogP contribution in [-0.2, 0) is 4.79 Å². The Kier molecular flexibility index (Phi) is 5.90. The number of para-hydroxylation sites is 1. The summed E-state index contributed by atoms with van der Waals surface area (Å²) in [5.41, 5.74) is 0.791. The Morgan fingerprint density at radius 1 is 1.08 bits per heavy atom. The van der Waals surface area contributed by atoms with Crippen molar-refractivity contribution in [2.75, 3.05) is 11.9 Å². The van der Waals surface area contributed by atoms with Crippen LogP contribution in [0.25, 0.3) is 0 Å². The average molecular weight is 368 g/mol. The van der Waals surface area contributed by atoms with Gasteiger partial charge in [0.25, 0.3) is 0 Å². The fourth-order valence-corrected chi connectivity index (χ4v) is 4.57. The number of nitrogens with zero attached hydrogens (tertiary/aromatic N) is 1. The summed E-state index contributed by atoms with van der Waals surface area (Å²) in [7, 11) is 1.89. The zero-order chi connectivity index (χ0) is 18.7. The number of rotatable bonds is 4. The largest absolute Gasteiger partial charge is 0.391 e. The van der Waals surface area contributed by atoms with Crippen molar-refractivity contribution in [3.63, 3.8) is 0 Å². The lowest BCUT2D eigenvalue weighted by Crippen LogP contribution is -2.51. The molecule has 1 N–H and O–H groups in total. The predicted octanol–water partition coefficient (Wildman–Crippen LogP) is 4.53. The molecule has 1 aromatic carbocycles. The summed E-state index contributed by atoms with van der Waals surface area (Å²) in [5, 5.41) is 3.28. The fraction of sp³-hybridized carbons (Fsp3) is 0.650. The first-order valence-corrected chi connectivity index (χ1v) is 9.54. The maximum atomic E-state index is 13.4. The number of carbonyl (C=O) groups is 1. The average Bonchev–Trinajstić information content (AvgIpc) is 3.10. The minimum atomic E-state index is -4.21. The van der Waals surface area contributed by atoms with Gasteiger partial charge in [-0.2, -0.15) is 13.2 Å². The summed E-state index contributed by atoms with van der Waals surface area (Å²) in [6, 6.07) is 9.58. The van der Waals surface area contributed by atoms with Gasteiger partial charge in [0.1, 0.15) is 0 Å². The zero-order valence-electron chi connectivity index (χ0n) is 15.1. The normalized spacial score (nSPS) is 29.5. The van der Waals surface area contributed by atoms with Gasteiger partial charge in [0.2, 0.25) is 5.91 Å². The van der Waals surface area contributed by atoms with E-state index in [0.717, 1.165) is 24.9 Å². The summed E-state index contributed by atoms with van der Waals surface area (Å²) < 4.78 is 39.6. The second-order valence-electron chi connectivity index (χ2n) is 7.54. The van der Waals surface area contributed by atoms with E-state index in [4.69, 9.17) is 0 Å². The quantitative estimate of drug-likeness (QED) is 0.847. The van der Waals surface area contributed by atoms with Gasteiger partial charge in [-0.1, -0.05) is 24.6 Å². The number of carbonyl (C=O) groups excluding carboxylic acids is 1. The van der Waals surface area contributed by atoms with E-state index in [-0.39, 0.29) is 30.8 Å². The highest BCUT2D eigenvalue weighted by Gasteiger charge is 2.45. The molecule has 1 amide bonds. The van der Waals surface area contributed by atoms with Gasteiger partial charge in [0.05, 0.1) is 12.0 Å². The number of benzene rings is 1. The highest BCUT2D eigenvalue weighted by atomic mass is 19.4. The topological polar surface area (TPSA) is 32.3 Å². The summed E-state index contributed by atoms with van der Waals surface area (Å²) >= 11 is 0. The van der Waals surface area contributed by atoms with Gasteiger partial charge in [0.15, 0.2) is 0 Å². The molecule has 6 heteroatoms. The van der Waals surface area contributed by atoms with Crippen molar-refractivity contribution < 1.29 is 18.0 Å². The first-order valence-electron chi connectivity index (χ1n) is 9.54. The van der Waals surface area contributed by atoms with Gasteiger partial charge in [-0.3, -0.25) is 4.79 Å². The molecule has 0 bridgehead atoms. The van der Waals surface area contributed by atoms with Crippen molar-refractivity contribution >= 4 is 11.6 Å². The van der Waals surface area contributed by atoms with Crippen LogP contribution >= 0.6 is 0 Å². The minimum Gasteiger partial charge on any atom is -0.315 e. The van der Waals surface area contributed by atoms with E-state index in [9.17, 15) is 18.0 Å². The van der Waals surface area contributed by atoms with Crippen LogP contribution in [-0.4, -0.2) is 31.2 Å². The number of hydrogen-bond acceptors (Lipinski definition) is 2. The van der Waals surface area contributed by atoms with Crippen LogP contribution < -0.4 is 10.2 Å². The molecule has 2 aliphatic rings. The SMILES string of the molecule is CNC1CCCC1N(C(=O)C1CCCC(C(F)(F)F)C1)c1ccccc1. The Hall–Kier alpha value is -1.56. The Balaban J connectivity index is 1.85. The molecule has 26 heavy (non-hydrogen) atoms. The minimum absolute atomic E-state index is 0.00108. The summed E-state index contributed by atoms with van der Waals surface area (Å²) in [6.45, 7) is 0. The second-order valence-corrected chi connectivity index (χ2v) is 7.54. The van der Waals surface area contributed by atoms with Gasteiger partial charge >= 0.3 is 6.18 Å². The molecular formula is C20H27F3N2O. The van der Waals surface area contributed by atoms with Crippen LogP contribution in [0.4, 0.5) is 18.9 Å². The number of alkyl halides is 3. The lowest BCUT2D eigenvalue weighted by molar-refractivity contribution is -0.186. The van der Waals surface area contributed by atoms with E-state index in [2.05, 4.69) is 5.32 Å². The molecule has 0 spiro atoms. The molecule has 1 aromatic rings. The molecule has 4 atom stereocenters. The number of hydrogen-bond donors (Lipinski definition) is 1. The Labute approximate surface area is 152 Å². The van der Waals surface area contributed by atoms with Gasteiger partial charge < -0.3 is 10.2 Å². The van der Waals surface area contributed by atoms with Crippen LogP contribution in [0.3, 0.4) is 0 Å². The van der Waals surface area contributed by atoms with Crippen molar-refractivity contribution in [1.82, 2.24) is 5.32 Å². The van der Waals surface area contributed by atoms with Crippen molar-refractivity contribution in [3.05, 3.63) is 30.3 Å². The van der Waals surface area contributed by atoms with Crippen LogP contribution in [0, 0.1) is 11.8 Å². The maximum absolute atomic E-state index is 13.4. The third-order valence-electron chi connectivity index (χ3n) is 5.94. The second kappa shape index (κ2) is 7.99. The summed E-state index contributed by atoms with van der Waals surface area (Å²) in [5.74, 6) is -2.04. The van der Waals surface area contributed by atoms with Crippen molar-refractivity contribution in [1.29, 1.82) is 0 Å². The lowest BCUT2D eigenvalue weighted by Gasteiger charge is -2.38. The highest BCUT2D eigenvalue weighted by Crippen LogP contribution is 2.41. The van der Waals surface area contributed by atoms with Crippen LogP contribution in [0.15, 0.2) is 30.3 Å². The van der Waals surface area contributed by atoms with E-state index < -0.39 is 18.0 Å². The Morgan fingerprint density at radius 2 is 1.77 bits per heavy atom. The molecule has 2 fully saturated rings. The number of nitrogens with one attached hydrogen (secondary N) is 1. The number of amides is 1. The first kappa shape index (κ1) is 19.2. The monoisotopic (exact) mass is 368 g/mol. The number of anilines is 1. The van der Waals surface area contributed by atoms with E-state index in [0.29, 0.717) is 12.8 Å². The molecular weight excluding hydrogens is 341 g/mol. The molecule has 2 aliphatic carbocycles. The van der Waals surface area contributed by atoms with Gasteiger partial charge in [-0.25, -0.2) is 0 Å². The standard InChI is InChI=1S/C20H27F3N2O/c1-24-17-11-6-12-18(17)25(16-9-3-2-4-10-16)19(26)14-7-5-8-15(13-14)20(21,22)23/h2-4,9-10,14-15,17-18,24H,5-8,11-13H2,1H3. The van der Waals surface area contributed by atoms with E-state index in [1.54, 1.807) is 4.90 Å². The van der Waals surface area contributed by atoms with E-state index in [1.807, 2.05) is 37.4 Å². The molecule has 0 aromatic heterocycles. The van der Waals surface area contributed by atoms with Crippen LogP contribution in [0.5, 0.6) is 0 Å². The fourth-order valence-electron chi connectivity index (χ4n) is 4.57. The highest BCUT2D eigenvalue weighted by molar-refractivity contribution is 5.96. The molecule has 4 unspecified atom stereocenters. The van der Waals surface area contributed by atoms with Crippen LogP contribution in [0.2, 0.25) is 0 Å². The van der Waals surface area contributed by atoms with Crippen molar-refractivity contribution in [2.24, 2.45) is 11.8 Å². The summed E-state index contributed by atoms with van der Waals surface area (Å²) in [4.78, 5) is 15.1. The van der Waals surface area contributed by atoms with Crippen molar-refractivity contribution in [2.45, 2.75) is 63.2 Å². The Bertz CT molecular complexity index is 605.